The second-order valence-electron chi connectivity index (χ2n) is 6.82. The summed E-state index contributed by atoms with van der Waals surface area (Å²) in [5.41, 5.74) is -1.22. The maximum absolute atomic E-state index is 13.0. The topological polar surface area (TPSA) is 80.7 Å². The molecule has 0 fully saturated rings. The summed E-state index contributed by atoms with van der Waals surface area (Å²) in [4.78, 5) is 36.9. The Morgan fingerprint density at radius 3 is 1.71 bits per heavy atom. The number of carboxylic acid groups (broad SMARTS) is 1. The minimum absolute atomic E-state index is 0.339. The number of benzene rings is 2. The van der Waals surface area contributed by atoms with Gasteiger partial charge in [-0.05, 0) is 18.1 Å². The van der Waals surface area contributed by atoms with Crippen LogP contribution in [0.3, 0.4) is 0 Å². The van der Waals surface area contributed by atoms with Crippen LogP contribution in [0.15, 0.2) is 54.6 Å². The molecule has 0 saturated carbocycles. The molecule has 0 aromatic heterocycles. The van der Waals surface area contributed by atoms with Crippen molar-refractivity contribution in [1.29, 1.82) is 0 Å². The third-order valence-corrected chi connectivity index (χ3v) is 5.09. The molecule has 2 rings (SSSR count). The number of carbonyl (C=O) groups is 3. The summed E-state index contributed by atoms with van der Waals surface area (Å²) < 4.78 is 4.65. The molecule has 2 aromatic rings. The van der Waals surface area contributed by atoms with Crippen LogP contribution in [0.25, 0.3) is 11.1 Å². The van der Waals surface area contributed by atoms with E-state index in [1.54, 1.807) is 24.3 Å². The Hall–Kier alpha value is -2.95. The molecule has 0 bridgehead atoms. The van der Waals surface area contributed by atoms with E-state index >= 15 is 0 Å². The van der Waals surface area contributed by atoms with Gasteiger partial charge >= 0.3 is 11.9 Å². The Balaban J connectivity index is 0.00000190. The summed E-state index contributed by atoms with van der Waals surface area (Å²) in [7, 11) is 1.11. The van der Waals surface area contributed by atoms with Crippen molar-refractivity contribution in [2.75, 3.05) is 7.11 Å². The van der Waals surface area contributed by atoms with Crippen molar-refractivity contribution >= 4 is 17.7 Å². The molecule has 0 amide bonds. The SMILES string of the molecule is CC.COC(=O)C(C)(C(=O)O)C(C)(C)C(=O)c1ccc(-c2ccccc2)cc1. The lowest BCUT2D eigenvalue weighted by atomic mass is 9.63. The Bertz CT molecular complexity index is 822. The fraction of sp³-hybridized carbons (Fsp3) is 0.348. The van der Waals surface area contributed by atoms with Crippen LogP contribution in [0.4, 0.5) is 0 Å². The lowest BCUT2D eigenvalue weighted by Gasteiger charge is -2.37. The molecule has 0 aliphatic rings. The molecular weight excluding hydrogens is 356 g/mol. The van der Waals surface area contributed by atoms with E-state index in [1.165, 1.54) is 20.8 Å². The second kappa shape index (κ2) is 9.31. The van der Waals surface area contributed by atoms with Gasteiger partial charge in [-0.3, -0.25) is 14.4 Å². The number of carboxylic acids is 1. The molecule has 0 radical (unpaired) electrons. The number of Topliss-reactive ketones (excluding diaryl/α,β-unsaturated/α-hetero) is 1. The standard InChI is InChI=1S/C21H22O5.C2H6/c1-20(2,21(3,18(23)24)19(25)26-4)17(22)16-12-10-15(11-13-16)14-8-6-5-7-9-14;1-2/h5-13H,1-4H3,(H,23,24);1-2H3. The fourth-order valence-electron chi connectivity index (χ4n) is 2.85. The molecule has 5 heteroatoms. The number of methoxy groups -OCH3 is 1. The van der Waals surface area contributed by atoms with Gasteiger partial charge in [0.1, 0.15) is 0 Å². The van der Waals surface area contributed by atoms with Gasteiger partial charge in [0.15, 0.2) is 11.2 Å². The van der Waals surface area contributed by atoms with Crippen LogP contribution in [0.5, 0.6) is 0 Å². The number of aliphatic carboxylic acids is 1. The van der Waals surface area contributed by atoms with Crippen LogP contribution in [0, 0.1) is 10.8 Å². The maximum atomic E-state index is 13.0. The summed E-state index contributed by atoms with van der Waals surface area (Å²) in [6.07, 6.45) is 0. The van der Waals surface area contributed by atoms with Crippen molar-refractivity contribution in [3.05, 3.63) is 60.2 Å². The van der Waals surface area contributed by atoms with Gasteiger partial charge in [0, 0.05) is 5.56 Å². The number of carbonyl (C=O) groups excluding carboxylic acids is 2. The van der Waals surface area contributed by atoms with Gasteiger partial charge in [-0.2, -0.15) is 0 Å². The molecule has 150 valence electrons. The van der Waals surface area contributed by atoms with E-state index < -0.39 is 28.6 Å². The van der Waals surface area contributed by atoms with Crippen LogP contribution in [-0.2, 0) is 14.3 Å². The van der Waals surface area contributed by atoms with Crippen LogP contribution in [0.2, 0.25) is 0 Å². The van der Waals surface area contributed by atoms with Crippen molar-refractivity contribution < 1.29 is 24.2 Å². The first-order chi connectivity index (χ1) is 13.2. The monoisotopic (exact) mass is 384 g/mol. The molecule has 1 N–H and O–H groups in total. The molecule has 1 unspecified atom stereocenters. The van der Waals surface area contributed by atoms with E-state index in [0.29, 0.717) is 5.56 Å². The largest absolute Gasteiger partial charge is 0.480 e. The van der Waals surface area contributed by atoms with Gasteiger partial charge in [0.05, 0.1) is 12.5 Å². The van der Waals surface area contributed by atoms with Gasteiger partial charge in [0.25, 0.3) is 0 Å². The highest BCUT2D eigenvalue weighted by Crippen LogP contribution is 2.43. The third kappa shape index (κ3) is 4.14. The number of hydrogen-bond acceptors (Lipinski definition) is 4. The summed E-state index contributed by atoms with van der Waals surface area (Å²) in [6, 6.07) is 16.6. The molecule has 5 nitrogen and oxygen atoms in total. The number of hydrogen-bond donors (Lipinski definition) is 1. The van der Waals surface area contributed by atoms with Crippen LogP contribution >= 0.6 is 0 Å². The van der Waals surface area contributed by atoms with Gasteiger partial charge in [0.2, 0.25) is 0 Å². The molecule has 0 heterocycles. The fourth-order valence-corrected chi connectivity index (χ4v) is 2.85. The highest BCUT2D eigenvalue weighted by Gasteiger charge is 2.58. The molecule has 2 aromatic carbocycles. The Morgan fingerprint density at radius 2 is 1.29 bits per heavy atom. The van der Waals surface area contributed by atoms with Crippen molar-refractivity contribution in [1.82, 2.24) is 0 Å². The number of ketones is 1. The Morgan fingerprint density at radius 1 is 0.821 bits per heavy atom. The van der Waals surface area contributed by atoms with Gasteiger partial charge in [-0.1, -0.05) is 82.3 Å². The normalized spacial score (nSPS) is 12.8. The zero-order valence-electron chi connectivity index (χ0n) is 17.3. The van der Waals surface area contributed by atoms with Crippen molar-refractivity contribution in [2.45, 2.75) is 34.6 Å². The lowest BCUT2D eigenvalue weighted by molar-refractivity contribution is -0.172. The minimum Gasteiger partial charge on any atom is -0.480 e. The quantitative estimate of drug-likeness (QED) is 0.437. The minimum atomic E-state index is -2.00. The number of esters is 1. The van der Waals surface area contributed by atoms with Crippen LogP contribution in [-0.4, -0.2) is 29.9 Å². The van der Waals surface area contributed by atoms with Gasteiger partial charge in [-0.25, -0.2) is 0 Å². The lowest BCUT2D eigenvalue weighted by Crippen LogP contribution is -2.52. The van der Waals surface area contributed by atoms with Crippen molar-refractivity contribution in [2.24, 2.45) is 10.8 Å². The number of rotatable bonds is 6. The Kier molecular flexibility index (Phi) is 7.68. The van der Waals surface area contributed by atoms with Crippen LogP contribution < -0.4 is 0 Å². The first-order valence-electron chi connectivity index (χ1n) is 9.18. The highest BCUT2D eigenvalue weighted by atomic mass is 16.5. The zero-order valence-corrected chi connectivity index (χ0v) is 17.3. The summed E-state index contributed by atoms with van der Waals surface area (Å²) in [6.45, 7) is 8.12. The summed E-state index contributed by atoms with van der Waals surface area (Å²) in [5.74, 6) is -2.79. The molecule has 0 aliphatic heterocycles. The van der Waals surface area contributed by atoms with Gasteiger partial charge < -0.3 is 9.84 Å². The molecule has 0 saturated heterocycles. The first-order valence-corrected chi connectivity index (χ1v) is 9.18. The maximum Gasteiger partial charge on any atom is 0.323 e. The molecule has 28 heavy (non-hydrogen) atoms. The molecule has 0 spiro atoms. The van der Waals surface area contributed by atoms with Crippen LogP contribution in [0.1, 0.15) is 45.0 Å². The van der Waals surface area contributed by atoms with Crippen molar-refractivity contribution in [3.8, 4) is 11.1 Å². The summed E-state index contributed by atoms with van der Waals surface area (Å²) in [5, 5.41) is 9.61. The van der Waals surface area contributed by atoms with E-state index in [2.05, 4.69) is 4.74 Å². The predicted molar refractivity (Wildman–Crippen MR) is 109 cm³/mol. The zero-order chi connectivity index (χ0) is 21.5. The first kappa shape index (κ1) is 23.1. The summed E-state index contributed by atoms with van der Waals surface area (Å²) >= 11 is 0. The van der Waals surface area contributed by atoms with E-state index in [4.69, 9.17) is 0 Å². The Labute approximate surface area is 166 Å². The van der Waals surface area contributed by atoms with Gasteiger partial charge in [-0.15, -0.1) is 0 Å². The highest BCUT2D eigenvalue weighted by molar-refractivity contribution is 6.10. The number of ether oxygens (including phenoxy) is 1. The average molecular weight is 384 g/mol. The molecule has 0 aliphatic carbocycles. The van der Waals surface area contributed by atoms with E-state index in [0.717, 1.165) is 18.2 Å². The van der Waals surface area contributed by atoms with E-state index in [9.17, 15) is 19.5 Å². The predicted octanol–water partition coefficient (Wildman–Crippen LogP) is 4.85. The molecular formula is C23H28O5. The third-order valence-electron chi connectivity index (χ3n) is 5.09. The van der Waals surface area contributed by atoms with E-state index in [-0.39, 0.29) is 0 Å². The second-order valence-corrected chi connectivity index (χ2v) is 6.82. The van der Waals surface area contributed by atoms with Crippen molar-refractivity contribution in [3.63, 3.8) is 0 Å². The average Bonchev–Trinajstić information content (AvgIpc) is 2.73. The molecule has 1 atom stereocenters. The smallest absolute Gasteiger partial charge is 0.323 e. The van der Waals surface area contributed by atoms with E-state index in [1.807, 2.05) is 44.2 Å².